The van der Waals surface area contributed by atoms with Gasteiger partial charge in [-0.05, 0) is 19.1 Å². The van der Waals surface area contributed by atoms with Gasteiger partial charge >= 0.3 is 0 Å². The van der Waals surface area contributed by atoms with Gasteiger partial charge in [-0.25, -0.2) is 0 Å². The summed E-state index contributed by atoms with van der Waals surface area (Å²) in [6, 6.07) is 3.36. The maximum Gasteiger partial charge on any atom is 0.208 e. The van der Waals surface area contributed by atoms with Crippen molar-refractivity contribution in [3.8, 4) is 0 Å². The first kappa shape index (κ1) is 10.9. The van der Waals surface area contributed by atoms with E-state index in [0.717, 1.165) is 11.0 Å². The van der Waals surface area contributed by atoms with Crippen molar-refractivity contribution in [3.05, 3.63) is 30.0 Å². The first-order valence-electron chi connectivity index (χ1n) is 4.74. The zero-order chi connectivity index (χ0) is 11.5. The Kier molecular flexibility index (Phi) is 3.09. The average Bonchev–Trinajstić information content (AvgIpc) is 2.89. The minimum atomic E-state index is -0.0457. The number of hydrogen-bond acceptors (Lipinski definition) is 5. The summed E-state index contributed by atoms with van der Waals surface area (Å²) in [5.74, 6) is 1.47. The van der Waals surface area contributed by atoms with Crippen molar-refractivity contribution in [2.45, 2.75) is 12.1 Å². The van der Waals surface area contributed by atoms with Gasteiger partial charge in [0.2, 0.25) is 5.78 Å². The van der Waals surface area contributed by atoms with Crippen molar-refractivity contribution in [2.24, 2.45) is 7.05 Å². The quantitative estimate of drug-likeness (QED) is 0.598. The van der Waals surface area contributed by atoms with Crippen LogP contribution in [-0.4, -0.2) is 26.3 Å². The Labute approximate surface area is 96.9 Å². The maximum absolute atomic E-state index is 11.6. The third-order valence-electron chi connectivity index (χ3n) is 2.18. The second-order valence-electron chi connectivity index (χ2n) is 3.28. The van der Waals surface area contributed by atoms with Crippen LogP contribution in [0.2, 0.25) is 0 Å². The highest BCUT2D eigenvalue weighted by atomic mass is 32.2. The third kappa shape index (κ3) is 2.16. The average molecular weight is 237 g/mol. The summed E-state index contributed by atoms with van der Waals surface area (Å²) in [6.45, 7) is 1.87. The van der Waals surface area contributed by atoms with Crippen LogP contribution < -0.4 is 0 Å². The fraction of sp³-hybridized carbons (Fsp3) is 0.300. The number of hydrogen-bond donors (Lipinski definition) is 0. The van der Waals surface area contributed by atoms with Gasteiger partial charge in [0.05, 0.1) is 12.0 Å². The Hall–Kier alpha value is -1.56. The van der Waals surface area contributed by atoms with Crippen LogP contribution in [0.4, 0.5) is 0 Å². The number of ketones is 1. The van der Waals surface area contributed by atoms with Crippen LogP contribution in [0.25, 0.3) is 0 Å². The van der Waals surface area contributed by atoms with E-state index in [4.69, 9.17) is 4.42 Å². The van der Waals surface area contributed by atoms with E-state index >= 15 is 0 Å². The van der Waals surface area contributed by atoms with E-state index in [0.29, 0.717) is 11.5 Å². The highest BCUT2D eigenvalue weighted by molar-refractivity contribution is 7.99. The number of rotatable bonds is 4. The van der Waals surface area contributed by atoms with Gasteiger partial charge in [0.15, 0.2) is 10.9 Å². The van der Waals surface area contributed by atoms with Crippen molar-refractivity contribution in [1.82, 2.24) is 14.8 Å². The number of aromatic nitrogens is 3. The zero-order valence-corrected chi connectivity index (χ0v) is 9.82. The number of Topliss-reactive ketones (excluding diaryl/α,β-unsaturated/α-hetero) is 1. The largest absolute Gasteiger partial charge is 0.461 e. The van der Waals surface area contributed by atoms with Gasteiger partial charge in [-0.3, -0.25) is 4.79 Å². The van der Waals surface area contributed by atoms with Crippen molar-refractivity contribution in [3.63, 3.8) is 0 Å². The molecule has 2 heterocycles. The molecule has 0 saturated carbocycles. The molecule has 0 atom stereocenters. The highest BCUT2D eigenvalue weighted by Gasteiger charge is 2.12. The normalized spacial score (nSPS) is 10.6. The summed E-state index contributed by atoms with van der Waals surface area (Å²) in [5.41, 5.74) is 0. The van der Waals surface area contributed by atoms with E-state index in [1.165, 1.54) is 18.0 Å². The lowest BCUT2D eigenvalue weighted by Gasteiger charge is -1.99. The number of carbonyl (C=O) groups excluding carboxylic acids is 1. The first-order chi connectivity index (χ1) is 7.68. The van der Waals surface area contributed by atoms with E-state index < -0.39 is 0 Å². The predicted octanol–water partition coefficient (Wildman–Crippen LogP) is 1.69. The van der Waals surface area contributed by atoms with E-state index in [1.54, 1.807) is 12.1 Å². The number of aryl methyl sites for hydroxylation is 1. The molecule has 2 rings (SSSR count). The minimum absolute atomic E-state index is 0.0457. The predicted molar refractivity (Wildman–Crippen MR) is 59.5 cm³/mol. The lowest BCUT2D eigenvalue weighted by Crippen LogP contribution is -2.02. The second kappa shape index (κ2) is 4.52. The van der Waals surface area contributed by atoms with Crippen LogP contribution in [-0.2, 0) is 7.05 Å². The molecule has 0 radical (unpaired) electrons. The molecule has 0 aromatic carbocycles. The molecular formula is C10H11N3O2S. The molecule has 6 heteroatoms. The van der Waals surface area contributed by atoms with Gasteiger partial charge in [-0.15, -0.1) is 10.2 Å². The van der Waals surface area contributed by atoms with Gasteiger partial charge < -0.3 is 8.98 Å². The minimum Gasteiger partial charge on any atom is -0.461 e. The fourth-order valence-electron chi connectivity index (χ4n) is 1.15. The van der Waals surface area contributed by atoms with Crippen LogP contribution >= 0.6 is 11.8 Å². The van der Waals surface area contributed by atoms with E-state index in [1.807, 2.05) is 18.5 Å². The number of nitrogens with zero attached hydrogens (tertiary/aromatic N) is 3. The molecule has 16 heavy (non-hydrogen) atoms. The van der Waals surface area contributed by atoms with E-state index in [2.05, 4.69) is 10.2 Å². The molecule has 0 fully saturated rings. The summed E-state index contributed by atoms with van der Waals surface area (Å²) in [5, 5.41) is 8.61. The molecule has 0 aliphatic carbocycles. The van der Waals surface area contributed by atoms with Crippen LogP contribution in [0, 0.1) is 6.92 Å². The van der Waals surface area contributed by atoms with Gasteiger partial charge in [0.1, 0.15) is 5.82 Å². The van der Waals surface area contributed by atoms with Crippen LogP contribution in [0.3, 0.4) is 0 Å². The molecule has 0 aliphatic heterocycles. The topological polar surface area (TPSA) is 60.9 Å². The van der Waals surface area contributed by atoms with Crippen LogP contribution in [0.5, 0.6) is 0 Å². The molecule has 2 aromatic rings. The SMILES string of the molecule is Cc1nnc(SCC(=O)c2ccco2)n1C. The van der Waals surface area contributed by atoms with Gasteiger partial charge in [0.25, 0.3) is 0 Å². The molecule has 0 N–H and O–H groups in total. The first-order valence-corrected chi connectivity index (χ1v) is 5.72. The lowest BCUT2D eigenvalue weighted by molar-refractivity contribution is 0.0992. The summed E-state index contributed by atoms with van der Waals surface area (Å²) in [7, 11) is 1.87. The Morgan fingerprint density at radius 2 is 2.38 bits per heavy atom. The summed E-state index contributed by atoms with van der Waals surface area (Å²) < 4.78 is 6.86. The van der Waals surface area contributed by atoms with Crippen molar-refractivity contribution in [1.29, 1.82) is 0 Å². The summed E-state index contributed by atoms with van der Waals surface area (Å²) >= 11 is 1.35. The number of carbonyl (C=O) groups is 1. The Morgan fingerprint density at radius 3 is 2.94 bits per heavy atom. The molecular weight excluding hydrogens is 226 g/mol. The van der Waals surface area contributed by atoms with Crippen LogP contribution in [0.1, 0.15) is 16.4 Å². The highest BCUT2D eigenvalue weighted by Crippen LogP contribution is 2.17. The monoisotopic (exact) mass is 237 g/mol. The van der Waals surface area contributed by atoms with E-state index in [9.17, 15) is 4.79 Å². The number of furan rings is 1. The Morgan fingerprint density at radius 1 is 1.56 bits per heavy atom. The lowest BCUT2D eigenvalue weighted by atomic mass is 10.3. The molecule has 84 valence electrons. The van der Waals surface area contributed by atoms with Crippen LogP contribution in [0.15, 0.2) is 28.0 Å². The summed E-state index contributed by atoms with van der Waals surface area (Å²) in [6.07, 6.45) is 1.49. The molecule has 0 saturated heterocycles. The maximum atomic E-state index is 11.6. The van der Waals surface area contributed by atoms with E-state index in [-0.39, 0.29) is 5.78 Å². The van der Waals surface area contributed by atoms with Crippen molar-refractivity contribution >= 4 is 17.5 Å². The molecule has 0 aliphatic rings. The molecule has 0 amide bonds. The standard InChI is InChI=1S/C10H11N3O2S/c1-7-11-12-10(13(7)2)16-6-8(14)9-4-3-5-15-9/h3-5H,6H2,1-2H3. The van der Waals surface area contributed by atoms with Gasteiger partial charge in [-0.1, -0.05) is 11.8 Å². The zero-order valence-electron chi connectivity index (χ0n) is 9.01. The fourth-order valence-corrected chi connectivity index (χ4v) is 1.98. The van der Waals surface area contributed by atoms with Gasteiger partial charge in [0, 0.05) is 7.05 Å². The number of thioether (sulfide) groups is 1. The Balaban J connectivity index is 1.98. The van der Waals surface area contributed by atoms with Crippen molar-refractivity contribution < 1.29 is 9.21 Å². The Bertz CT molecular complexity index is 490. The van der Waals surface area contributed by atoms with Gasteiger partial charge in [-0.2, -0.15) is 0 Å². The molecule has 0 unspecified atom stereocenters. The second-order valence-corrected chi connectivity index (χ2v) is 4.22. The third-order valence-corrected chi connectivity index (χ3v) is 3.20. The molecule has 0 bridgehead atoms. The molecule has 5 nitrogen and oxygen atoms in total. The molecule has 2 aromatic heterocycles. The summed E-state index contributed by atoms with van der Waals surface area (Å²) in [4.78, 5) is 11.6. The molecule has 0 spiro atoms. The smallest absolute Gasteiger partial charge is 0.208 e. The van der Waals surface area contributed by atoms with Crippen molar-refractivity contribution in [2.75, 3.05) is 5.75 Å².